The number of rotatable bonds is 3. The number of carbonyl (C=O) groups is 2. The van der Waals surface area contributed by atoms with Gasteiger partial charge in [0.15, 0.2) is 11.5 Å². The first-order valence-corrected chi connectivity index (χ1v) is 8.66. The maximum absolute atomic E-state index is 13.1. The third-order valence-corrected chi connectivity index (χ3v) is 4.11. The molecule has 0 atom stereocenters. The lowest BCUT2D eigenvalue weighted by Gasteiger charge is -2.19. The summed E-state index contributed by atoms with van der Waals surface area (Å²) in [7, 11) is 0. The van der Waals surface area contributed by atoms with Crippen LogP contribution in [0.5, 0.6) is 11.5 Å². The van der Waals surface area contributed by atoms with E-state index in [9.17, 15) is 18.4 Å². The smallest absolute Gasteiger partial charge is 0.478 e. The van der Waals surface area contributed by atoms with Crippen LogP contribution < -0.4 is 19.3 Å². The van der Waals surface area contributed by atoms with Crippen molar-refractivity contribution in [2.24, 2.45) is 0 Å². The van der Waals surface area contributed by atoms with E-state index in [1.165, 1.54) is 40.1 Å². The molecular formula is C19H18F2N2O5. The Balaban J connectivity index is 0.00000109. The largest absolute Gasteiger partial charge is 0.586 e. The molecule has 2 heterocycles. The van der Waals surface area contributed by atoms with Crippen molar-refractivity contribution in [1.29, 1.82) is 0 Å². The Bertz CT molecular complexity index is 919. The summed E-state index contributed by atoms with van der Waals surface area (Å²) >= 11 is 0. The summed E-state index contributed by atoms with van der Waals surface area (Å²) in [6, 6.07) is 9.74. The monoisotopic (exact) mass is 392 g/mol. The van der Waals surface area contributed by atoms with Crippen LogP contribution >= 0.6 is 0 Å². The van der Waals surface area contributed by atoms with Crippen molar-refractivity contribution in [3.05, 3.63) is 48.0 Å². The minimum atomic E-state index is -3.72. The molecule has 0 spiro atoms. The van der Waals surface area contributed by atoms with Crippen LogP contribution in [0, 0.1) is 0 Å². The fourth-order valence-corrected chi connectivity index (χ4v) is 2.93. The summed E-state index contributed by atoms with van der Waals surface area (Å²) < 4.78 is 35.0. The summed E-state index contributed by atoms with van der Waals surface area (Å²) in [5.74, 6) is -1.34. The Labute approximate surface area is 159 Å². The van der Waals surface area contributed by atoms with Gasteiger partial charge in [0.05, 0.1) is 5.56 Å². The number of carboxylic acid groups (broad SMARTS) is 1. The molecule has 148 valence electrons. The molecule has 4 rings (SSSR count). The number of hydrogen-bond acceptors (Lipinski definition) is 4. The van der Waals surface area contributed by atoms with Gasteiger partial charge in [0, 0.05) is 30.5 Å². The topological polar surface area (TPSA) is 79.3 Å². The van der Waals surface area contributed by atoms with Crippen LogP contribution in [-0.4, -0.2) is 36.5 Å². The number of alkyl halides is 2. The first kappa shape index (κ1) is 19.4. The highest BCUT2D eigenvalue weighted by Crippen LogP contribution is 2.43. The summed E-state index contributed by atoms with van der Waals surface area (Å²) in [4.78, 5) is 26.6. The molecule has 0 unspecified atom stereocenters. The van der Waals surface area contributed by atoms with Crippen molar-refractivity contribution in [2.75, 3.05) is 22.9 Å². The molecule has 0 radical (unpaired) electrons. The van der Waals surface area contributed by atoms with Gasteiger partial charge in [0.1, 0.15) is 0 Å². The van der Waals surface area contributed by atoms with Gasteiger partial charge in [0.2, 0.25) is 0 Å². The number of carboxylic acids is 1. The Hall–Kier alpha value is -3.36. The number of nitrogens with zero attached hydrogens (tertiary/aromatic N) is 2. The summed E-state index contributed by atoms with van der Waals surface area (Å²) in [6.45, 7) is 4.64. The molecule has 1 N–H and O–H groups in total. The van der Waals surface area contributed by atoms with E-state index < -0.39 is 18.3 Å². The third kappa shape index (κ3) is 3.55. The van der Waals surface area contributed by atoms with Gasteiger partial charge in [-0.1, -0.05) is 19.9 Å². The molecule has 7 nitrogen and oxygen atoms in total. The van der Waals surface area contributed by atoms with E-state index >= 15 is 0 Å². The number of carbonyl (C=O) groups excluding carboxylic acids is 1. The zero-order chi connectivity index (χ0) is 20.5. The number of ether oxygens (including phenoxy) is 2. The SMILES string of the molecule is CC.O=C(O)c1cccc(N2CCN(c3ccc4c(c3)OC(F)(F)O4)C2=O)c1. The van der Waals surface area contributed by atoms with Crippen LogP contribution in [0.3, 0.4) is 0 Å². The lowest BCUT2D eigenvalue weighted by Crippen LogP contribution is -2.31. The van der Waals surface area contributed by atoms with Crippen LogP contribution in [0.25, 0.3) is 0 Å². The van der Waals surface area contributed by atoms with Gasteiger partial charge in [-0.05, 0) is 30.3 Å². The third-order valence-electron chi connectivity index (χ3n) is 4.11. The minimum absolute atomic E-state index is 0.0686. The molecule has 0 aliphatic carbocycles. The number of halogens is 2. The first-order valence-electron chi connectivity index (χ1n) is 8.66. The second-order valence-corrected chi connectivity index (χ2v) is 5.74. The molecule has 0 saturated carbocycles. The number of fused-ring (bicyclic) bond motifs is 1. The van der Waals surface area contributed by atoms with Gasteiger partial charge in [-0.25, -0.2) is 9.59 Å². The van der Waals surface area contributed by atoms with Crippen molar-refractivity contribution in [3.8, 4) is 11.5 Å². The van der Waals surface area contributed by atoms with Gasteiger partial charge < -0.3 is 14.6 Å². The average Bonchev–Trinajstić information content (AvgIpc) is 3.20. The van der Waals surface area contributed by atoms with Gasteiger partial charge >= 0.3 is 18.3 Å². The zero-order valence-electron chi connectivity index (χ0n) is 15.2. The van der Waals surface area contributed by atoms with Crippen molar-refractivity contribution >= 4 is 23.4 Å². The molecule has 2 aliphatic rings. The van der Waals surface area contributed by atoms with Crippen LogP contribution in [0.2, 0.25) is 0 Å². The number of urea groups is 1. The highest BCUT2D eigenvalue weighted by molar-refractivity contribution is 6.06. The standard InChI is InChI=1S/C17H12F2N2O5.C2H6/c18-17(19)25-13-5-4-12(9-14(13)26-17)21-7-6-20(16(21)24)11-3-1-2-10(8-11)15(22)23;1-2/h1-5,8-9H,6-7H2,(H,22,23);1-2H3. The molecule has 9 heteroatoms. The molecule has 1 saturated heterocycles. The number of aromatic carboxylic acids is 1. The number of hydrogen-bond donors (Lipinski definition) is 1. The second-order valence-electron chi connectivity index (χ2n) is 5.74. The molecule has 2 aliphatic heterocycles. The lowest BCUT2D eigenvalue weighted by atomic mass is 10.2. The molecule has 0 bridgehead atoms. The highest BCUT2D eigenvalue weighted by atomic mass is 19.3. The normalized spacial score (nSPS) is 16.6. The van der Waals surface area contributed by atoms with Gasteiger partial charge in [-0.15, -0.1) is 8.78 Å². The predicted octanol–water partition coefficient (Wildman–Crippen LogP) is 4.18. The second kappa shape index (κ2) is 7.34. The Kier molecular flexibility index (Phi) is 5.08. The molecule has 2 aromatic carbocycles. The summed E-state index contributed by atoms with van der Waals surface area (Å²) in [5, 5.41) is 9.08. The highest BCUT2D eigenvalue weighted by Gasteiger charge is 2.44. The lowest BCUT2D eigenvalue weighted by molar-refractivity contribution is -0.286. The van der Waals surface area contributed by atoms with E-state index in [1.54, 1.807) is 12.1 Å². The van der Waals surface area contributed by atoms with Crippen molar-refractivity contribution in [3.63, 3.8) is 0 Å². The zero-order valence-corrected chi connectivity index (χ0v) is 15.2. The van der Waals surface area contributed by atoms with Gasteiger partial charge in [0.25, 0.3) is 0 Å². The van der Waals surface area contributed by atoms with E-state index in [2.05, 4.69) is 9.47 Å². The fraction of sp³-hybridized carbons (Fsp3) is 0.263. The average molecular weight is 392 g/mol. The van der Waals surface area contributed by atoms with Crippen molar-refractivity contribution in [2.45, 2.75) is 20.1 Å². The van der Waals surface area contributed by atoms with Crippen LogP contribution in [0.4, 0.5) is 25.0 Å². The first-order chi connectivity index (χ1) is 13.3. The number of benzene rings is 2. The van der Waals surface area contributed by atoms with E-state index in [-0.39, 0.29) is 17.1 Å². The van der Waals surface area contributed by atoms with Crippen molar-refractivity contribution < 1.29 is 33.0 Å². The molecule has 2 aromatic rings. The molecular weight excluding hydrogens is 374 g/mol. The maximum Gasteiger partial charge on any atom is 0.586 e. The minimum Gasteiger partial charge on any atom is -0.478 e. The molecule has 28 heavy (non-hydrogen) atoms. The van der Waals surface area contributed by atoms with E-state index in [1.807, 2.05) is 13.8 Å². The Morgan fingerprint density at radius 2 is 1.61 bits per heavy atom. The summed E-state index contributed by atoms with van der Waals surface area (Å²) in [6.07, 6.45) is -3.72. The van der Waals surface area contributed by atoms with Crippen molar-refractivity contribution in [1.82, 2.24) is 0 Å². The number of anilines is 2. The quantitative estimate of drug-likeness (QED) is 0.848. The fourth-order valence-electron chi connectivity index (χ4n) is 2.93. The Morgan fingerprint density at radius 1 is 1.00 bits per heavy atom. The van der Waals surface area contributed by atoms with Gasteiger partial charge in [-0.3, -0.25) is 9.80 Å². The predicted molar refractivity (Wildman–Crippen MR) is 97.5 cm³/mol. The van der Waals surface area contributed by atoms with Crippen LogP contribution in [0.1, 0.15) is 24.2 Å². The van der Waals surface area contributed by atoms with Crippen LogP contribution in [0.15, 0.2) is 42.5 Å². The van der Waals surface area contributed by atoms with E-state index in [4.69, 9.17) is 5.11 Å². The van der Waals surface area contributed by atoms with E-state index in [0.29, 0.717) is 24.5 Å². The number of amides is 2. The summed E-state index contributed by atoms with van der Waals surface area (Å²) in [5.41, 5.74) is 0.899. The Morgan fingerprint density at radius 3 is 2.25 bits per heavy atom. The van der Waals surface area contributed by atoms with E-state index in [0.717, 1.165) is 0 Å². The van der Waals surface area contributed by atoms with Crippen LogP contribution in [-0.2, 0) is 0 Å². The molecule has 1 fully saturated rings. The molecule has 2 amide bonds. The maximum atomic E-state index is 13.1. The molecule has 0 aromatic heterocycles. The van der Waals surface area contributed by atoms with Gasteiger partial charge in [-0.2, -0.15) is 0 Å².